The Balaban J connectivity index is 1.74. The van der Waals surface area contributed by atoms with Gasteiger partial charge < -0.3 is 20.1 Å². The summed E-state index contributed by atoms with van der Waals surface area (Å²) in [5, 5.41) is 12.7. The molecule has 0 spiro atoms. The zero-order chi connectivity index (χ0) is 17.9. The second-order valence-electron chi connectivity index (χ2n) is 6.97. The SMILES string of the molecule is COc1ccc(-c2ccc3c(c2)N2CCNCCC2C3)c(/C=C\CO)c1. The number of hydrogen-bond donors (Lipinski definition) is 2. The van der Waals surface area contributed by atoms with E-state index in [1.165, 1.54) is 23.2 Å². The van der Waals surface area contributed by atoms with Gasteiger partial charge in [-0.05, 0) is 59.8 Å². The highest BCUT2D eigenvalue weighted by atomic mass is 16.5. The fraction of sp³-hybridized carbons (Fsp3) is 0.364. The molecule has 1 saturated heterocycles. The third-order valence-electron chi connectivity index (χ3n) is 5.45. The lowest BCUT2D eigenvalue weighted by Gasteiger charge is -2.25. The monoisotopic (exact) mass is 350 g/mol. The van der Waals surface area contributed by atoms with E-state index in [0.717, 1.165) is 42.9 Å². The van der Waals surface area contributed by atoms with Gasteiger partial charge in [-0.3, -0.25) is 0 Å². The van der Waals surface area contributed by atoms with Gasteiger partial charge in [-0.25, -0.2) is 0 Å². The van der Waals surface area contributed by atoms with Crippen molar-refractivity contribution >= 4 is 11.8 Å². The first-order valence-corrected chi connectivity index (χ1v) is 9.36. The van der Waals surface area contributed by atoms with E-state index >= 15 is 0 Å². The highest BCUT2D eigenvalue weighted by Crippen LogP contribution is 2.38. The van der Waals surface area contributed by atoms with Gasteiger partial charge >= 0.3 is 0 Å². The van der Waals surface area contributed by atoms with Gasteiger partial charge in [0, 0.05) is 24.8 Å². The number of methoxy groups -OCH3 is 1. The van der Waals surface area contributed by atoms with Crippen LogP contribution in [0.25, 0.3) is 17.2 Å². The summed E-state index contributed by atoms with van der Waals surface area (Å²) < 4.78 is 5.37. The minimum atomic E-state index is 0.0310. The van der Waals surface area contributed by atoms with Crippen LogP contribution in [0.2, 0.25) is 0 Å². The molecule has 0 bridgehead atoms. The van der Waals surface area contributed by atoms with E-state index in [1.54, 1.807) is 13.2 Å². The third-order valence-corrected chi connectivity index (χ3v) is 5.45. The van der Waals surface area contributed by atoms with Gasteiger partial charge in [0.2, 0.25) is 0 Å². The average molecular weight is 350 g/mol. The quantitative estimate of drug-likeness (QED) is 0.889. The maximum atomic E-state index is 9.17. The number of ether oxygens (including phenoxy) is 1. The maximum Gasteiger partial charge on any atom is 0.119 e. The van der Waals surface area contributed by atoms with Gasteiger partial charge in [0.15, 0.2) is 0 Å². The molecular weight excluding hydrogens is 324 g/mol. The first-order chi connectivity index (χ1) is 12.8. The van der Waals surface area contributed by atoms with Crippen LogP contribution in [0.1, 0.15) is 17.5 Å². The van der Waals surface area contributed by atoms with Gasteiger partial charge in [-0.2, -0.15) is 0 Å². The van der Waals surface area contributed by atoms with Crippen molar-refractivity contribution in [3.8, 4) is 16.9 Å². The summed E-state index contributed by atoms with van der Waals surface area (Å²) in [7, 11) is 1.68. The third kappa shape index (κ3) is 3.22. The van der Waals surface area contributed by atoms with Gasteiger partial charge in [0.05, 0.1) is 13.7 Å². The molecule has 2 aromatic carbocycles. The number of hydrogen-bond acceptors (Lipinski definition) is 4. The zero-order valence-corrected chi connectivity index (χ0v) is 15.2. The van der Waals surface area contributed by atoms with Crippen molar-refractivity contribution in [1.82, 2.24) is 5.32 Å². The first kappa shape index (κ1) is 17.1. The highest BCUT2D eigenvalue weighted by molar-refractivity contribution is 5.80. The lowest BCUT2D eigenvalue weighted by molar-refractivity contribution is 0.343. The number of rotatable bonds is 4. The lowest BCUT2D eigenvalue weighted by atomic mass is 9.97. The van der Waals surface area contributed by atoms with Crippen LogP contribution in [-0.2, 0) is 6.42 Å². The second-order valence-corrected chi connectivity index (χ2v) is 6.97. The molecule has 4 nitrogen and oxygen atoms in total. The van der Waals surface area contributed by atoms with E-state index in [0.29, 0.717) is 6.04 Å². The first-order valence-electron chi connectivity index (χ1n) is 9.36. The molecule has 2 N–H and O–H groups in total. The number of aliphatic hydroxyl groups excluding tert-OH is 1. The number of fused-ring (bicyclic) bond motifs is 3. The normalized spacial score (nSPS) is 19.3. The molecule has 4 heteroatoms. The summed E-state index contributed by atoms with van der Waals surface area (Å²) in [5.74, 6) is 0.825. The topological polar surface area (TPSA) is 44.7 Å². The van der Waals surface area contributed by atoms with Crippen molar-refractivity contribution in [2.45, 2.75) is 18.9 Å². The Morgan fingerprint density at radius 2 is 2.15 bits per heavy atom. The van der Waals surface area contributed by atoms with Gasteiger partial charge in [0.25, 0.3) is 0 Å². The molecule has 2 heterocycles. The predicted molar refractivity (Wildman–Crippen MR) is 107 cm³/mol. The Hall–Kier alpha value is -2.30. The summed E-state index contributed by atoms with van der Waals surface area (Å²) in [4.78, 5) is 2.57. The molecule has 26 heavy (non-hydrogen) atoms. The van der Waals surface area contributed by atoms with Crippen molar-refractivity contribution in [2.24, 2.45) is 0 Å². The molecule has 2 aliphatic heterocycles. The molecule has 0 amide bonds. The van der Waals surface area contributed by atoms with Crippen LogP contribution in [0, 0.1) is 0 Å². The number of nitrogens with one attached hydrogen (secondary N) is 1. The van der Waals surface area contributed by atoms with Gasteiger partial charge in [-0.15, -0.1) is 0 Å². The van der Waals surface area contributed by atoms with Crippen molar-refractivity contribution in [3.63, 3.8) is 0 Å². The largest absolute Gasteiger partial charge is 0.497 e. The molecule has 0 aliphatic carbocycles. The Morgan fingerprint density at radius 1 is 1.23 bits per heavy atom. The van der Waals surface area contributed by atoms with E-state index in [1.807, 2.05) is 18.2 Å². The van der Waals surface area contributed by atoms with E-state index in [2.05, 4.69) is 34.5 Å². The second kappa shape index (κ2) is 7.52. The molecule has 1 atom stereocenters. The Morgan fingerprint density at radius 3 is 3.00 bits per heavy atom. The fourth-order valence-electron chi connectivity index (χ4n) is 4.13. The zero-order valence-electron chi connectivity index (χ0n) is 15.2. The summed E-state index contributed by atoms with van der Waals surface area (Å²) in [5.41, 5.74) is 6.27. The smallest absolute Gasteiger partial charge is 0.119 e. The molecule has 1 fully saturated rings. The number of aliphatic hydroxyl groups is 1. The van der Waals surface area contributed by atoms with Crippen molar-refractivity contribution in [3.05, 3.63) is 53.6 Å². The molecule has 0 saturated carbocycles. The van der Waals surface area contributed by atoms with E-state index in [9.17, 15) is 0 Å². The van der Waals surface area contributed by atoms with E-state index in [-0.39, 0.29) is 6.61 Å². The van der Waals surface area contributed by atoms with Crippen molar-refractivity contribution < 1.29 is 9.84 Å². The van der Waals surface area contributed by atoms with Gasteiger partial charge in [0.1, 0.15) is 5.75 Å². The van der Waals surface area contributed by atoms with Crippen LogP contribution in [0.5, 0.6) is 5.75 Å². The Labute approximate surface area is 155 Å². The van der Waals surface area contributed by atoms with Gasteiger partial charge in [-0.1, -0.05) is 30.4 Å². The molecule has 4 rings (SSSR count). The summed E-state index contributed by atoms with van der Waals surface area (Å²) in [6.45, 7) is 3.26. The highest BCUT2D eigenvalue weighted by Gasteiger charge is 2.30. The standard InChI is InChI=1S/C22H26N2O2/c1-26-20-6-7-21(16(14-20)3-2-12-25)17-4-5-18-13-19-8-9-23-10-11-24(19)22(18)15-17/h2-7,14-15,19,23,25H,8-13H2,1H3/b3-2-. The average Bonchev–Trinajstić information content (AvgIpc) is 2.85. The number of benzene rings is 2. The molecule has 0 radical (unpaired) electrons. The van der Waals surface area contributed by atoms with E-state index in [4.69, 9.17) is 9.84 Å². The Bertz CT molecular complexity index is 816. The molecule has 136 valence electrons. The van der Waals surface area contributed by atoms with Crippen LogP contribution in [0.15, 0.2) is 42.5 Å². The summed E-state index contributed by atoms with van der Waals surface area (Å²) in [6.07, 6.45) is 6.08. The number of nitrogens with zero attached hydrogens (tertiary/aromatic N) is 1. The lowest BCUT2D eigenvalue weighted by Crippen LogP contribution is -2.32. The van der Waals surface area contributed by atoms with Crippen molar-refractivity contribution in [2.75, 3.05) is 38.3 Å². The van der Waals surface area contributed by atoms with Crippen LogP contribution in [0.4, 0.5) is 5.69 Å². The van der Waals surface area contributed by atoms with Crippen LogP contribution in [0.3, 0.4) is 0 Å². The molecule has 0 aromatic heterocycles. The van der Waals surface area contributed by atoms with Crippen LogP contribution in [-0.4, -0.2) is 44.5 Å². The Kier molecular flexibility index (Phi) is 4.96. The number of anilines is 1. The fourth-order valence-corrected chi connectivity index (χ4v) is 4.13. The van der Waals surface area contributed by atoms with Crippen molar-refractivity contribution in [1.29, 1.82) is 0 Å². The predicted octanol–water partition coefficient (Wildman–Crippen LogP) is 3.09. The summed E-state index contributed by atoms with van der Waals surface area (Å²) in [6, 6.07) is 13.6. The van der Waals surface area contributed by atoms with Crippen LogP contribution < -0.4 is 15.0 Å². The molecule has 1 unspecified atom stereocenters. The van der Waals surface area contributed by atoms with Crippen LogP contribution >= 0.6 is 0 Å². The minimum absolute atomic E-state index is 0.0310. The minimum Gasteiger partial charge on any atom is -0.497 e. The molecule has 2 aliphatic rings. The molecular formula is C22H26N2O2. The van der Waals surface area contributed by atoms with E-state index < -0.39 is 0 Å². The maximum absolute atomic E-state index is 9.17. The summed E-state index contributed by atoms with van der Waals surface area (Å²) >= 11 is 0. The molecule has 2 aromatic rings.